The first-order valence-corrected chi connectivity index (χ1v) is 11.4. The Balaban J connectivity index is 1.45. The summed E-state index contributed by atoms with van der Waals surface area (Å²) in [7, 11) is 0. The van der Waals surface area contributed by atoms with Crippen LogP contribution in [0.4, 0.5) is 17.1 Å². The highest BCUT2D eigenvalue weighted by Crippen LogP contribution is 2.38. The number of para-hydroxylation sites is 1. The number of hydrogen-bond acceptors (Lipinski definition) is 7. The highest BCUT2D eigenvalue weighted by molar-refractivity contribution is 7.99. The molecule has 156 valence electrons. The summed E-state index contributed by atoms with van der Waals surface area (Å²) in [6.07, 6.45) is 0.794. The summed E-state index contributed by atoms with van der Waals surface area (Å²) in [5.74, 6) is 0.427. The number of amides is 1. The lowest BCUT2D eigenvalue weighted by molar-refractivity contribution is -0.113. The lowest BCUT2D eigenvalue weighted by Gasteiger charge is -2.10. The van der Waals surface area contributed by atoms with E-state index in [2.05, 4.69) is 24.2 Å². The minimum Gasteiger partial charge on any atom is -0.323 e. The Morgan fingerprint density at radius 1 is 1.13 bits per heavy atom. The van der Waals surface area contributed by atoms with Gasteiger partial charge in [0.05, 0.1) is 33.7 Å². The van der Waals surface area contributed by atoms with Crippen LogP contribution in [0.25, 0.3) is 16.7 Å². The molecule has 0 spiro atoms. The van der Waals surface area contributed by atoms with Crippen molar-refractivity contribution < 1.29 is 4.79 Å². The van der Waals surface area contributed by atoms with E-state index >= 15 is 0 Å². The van der Waals surface area contributed by atoms with Crippen molar-refractivity contribution in [2.24, 2.45) is 8.73 Å². The Morgan fingerprint density at radius 3 is 2.87 bits per heavy atom. The van der Waals surface area contributed by atoms with Crippen molar-refractivity contribution in [1.29, 1.82) is 0 Å². The molecule has 0 unspecified atom stereocenters. The molecule has 0 saturated carbocycles. The van der Waals surface area contributed by atoms with E-state index in [9.17, 15) is 9.59 Å². The fourth-order valence-corrected chi connectivity index (χ4v) is 4.77. The predicted octanol–water partition coefficient (Wildman–Crippen LogP) is 3.91. The van der Waals surface area contributed by atoms with Crippen LogP contribution in [-0.4, -0.2) is 30.8 Å². The maximum absolute atomic E-state index is 12.9. The van der Waals surface area contributed by atoms with Crippen molar-refractivity contribution in [3.63, 3.8) is 0 Å². The van der Waals surface area contributed by atoms with Crippen molar-refractivity contribution >= 4 is 62.8 Å². The number of nitrogens with one attached hydrogen (secondary N) is 1. The van der Waals surface area contributed by atoms with E-state index in [4.69, 9.17) is 0 Å². The van der Waals surface area contributed by atoms with E-state index in [0.29, 0.717) is 34.2 Å². The van der Waals surface area contributed by atoms with Crippen LogP contribution in [0.15, 0.2) is 61.1 Å². The Kier molecular flexibility index (Phi) is 5.12. The molecule has 1 aliphatic heterocycles. The number of benzene rings is 2. The number of rotatable bonds is 6. The van der Waals surface area contributed by atoms with Crippen molar-refractivity contribution in [2.45, 2.75) is 25.0 Å². The van der Waals surface area contributed by atoms with Crippen LogP contribution in [0.1, 0.15) is 13.3 Å². The normalized spacial score (nSPS) is 12.3. The van der Waals surface area contributed by atoms with Gasteiger partial charge in [-0.15, -0.1) is 10.2 Å². The first-order chi connectivity index (χ1) is 15.2. The Hall–Kier alpha value is -3.31. The Labute approximate surface area is 184 Å². The minimum absolute atomic E-state index is 0.0865. The lowest BCUT2D eigenvalue weighted by Crippen LogP contribution is -2.23. The van der Waals surface area contributed by atoms with Crippen molar-refractivity contribution in [3.8, 4) is 0 Å². The van der Waals surface area contributed by atoms with Crippen molar-refractivity contribution in [3.05, 3.63) is 52.8 Å². The van der Waals surface area contributed by atoms with Gasteiger partial charge >= 0.3 is 0 Å². The van der Waals surface area contributed by atoms with Gasteiger partial charge in [-0.3, -0.25) is 18.6 Å². The van der Waals surface area contributed by atoms with Gasteiger partial charge in [-0.2, -0.15) is 8.73 Å². The SMILES string of the molecule is CCCn1c(=O)c2ccccc2n2c(SCC(=O)Nc3cccc4c3N=S=N4)nnc12. The van der Waals surface area contributed by atoms with E-state index in [1.165, 1.54) is 11.8 Å². The number of nitrogens with zero attached hydrogens (tertiary/aromatic N) is 6. The van der Waals surface area contributed by atoms with Gasteiger partial charge in [0.1, 0.15) is 11.4 Å². The molecule has 0 saturated heterocycles. The van der Waals surface area contributed by atoms with Gasteiger partial charge < -0.3 is 5.32 Å². The summed E-state index contributed by atoms with van der Waals surface area (Å²) >= 11 is 2.38. The zero-order valence-electron chi connectivity index (χ0n) is 16.5. The molecule has 1 aliphatic rings. The smallest absolute Gasteiger partial charge is 0.262 e. The van der Waals surface area contributed by atoms with Crippen LogP contribution in [0.3, 0.4) is 0 Å². The number of aromatic nitrogens is 4. The van der Waals surface area contributed by atoms with E-state index in [1.54, 1.807) is 16.7 Å². The molecule has 31 heavy (non-hydrogen) atoms. The number of carbonyl (C=O) groups is 1. The third-order valence-corrected chi connectivity index (χ3v) is 6.29. The largest absolute Gasteiger partial charge is 0.323 e. The van der Waals surface area contributed by atoms with Crippen LogP contribution in [0.2, 0.25) is 0 Å². The lowest BCUT2D eigenvalue weighted by atomic mass is 10.2. The molecule has 4 aromatic rings. The Bertz CT molecular complexity index is 1470. The van der Waals surface area contributed by atoms with Crippen LogP contribution in [-0.2, 0) is 22.7 Å². The third-order valence-electron chi connectivity index (χ3n) is 4.82. The molecule has 11 heteroatoms. The maximum atomic E-state index is 12.9. The molecule has 0 atom stereocenters. The molecule has 2 aromatic carbocycles. The topological polar surface area (TPSA) is 106 Å². The van der Waals surface area contributed by atoms with Crippen molar-refractivity contribution in [2.75, 3.05) is 11.1 Å². The fraction of sp³-hybridized carbons (Fsp3) is 0.200. The summed E-state index contributed by atoms with van der Waals surface area (Å²) in [4.78, 5) is 25.5. The van der Waals surface area contributed by atoms with Gasteiger partial charge in [0, 0.05) is 6.54 Å². The molecule has 1 amide bonds. The zero-order chi connectivity index (χ0) is 21.4. The second kappa shape index (κ2) is 8.08. The summed E-state index contributed by atoms with van der Waals surface area (Å²) in [6, 6.07) is 12.9. The minimum atomic E-state index is -0.187. The maximum Gasteiger partial charge on any atom is 0.262 e. The van der Waals surface area contributed by atoms with Crippen LogP contribution < -0.4 is 10.9 Å². The van der Waals surface area contributed by atoms with Gasteiger partial charge in [-0.1, -0.05) is 36.9 Å². The molecule has 3 heterocycles. The molecule has 5 rings (SSSR count). The molecular weight excluding hydrogens is 434 g/mol. The number of fused-ring (bicyclic) bond motifs is 4. The standard InChI is InChI=1S/C20H17N7O2S2/c1-2-10-26-18(29)12-6-3-4-9-15(12)27-19(26)22-23-20(27)30-11-16(28)21-13-7-5-8-14-17(13)25-31-24-14/h3-9H,2,10-11H2,1H3,(H,21,28). The molecule has 0 fully saturated rings. The first-order valence-electron chi connectivity index (χ1n) is 9.68. The number of hydrogen-bond donors (Lipinski definition) is 1. The molecule has 9 nitrogen and oxygen atoms in total. The second-order valence-corrected chi connectivity index (χ2v) is 8.34. The van der Waals surface area contributed by atoms with E-state index in [-0.39, 0.29) is 17.2 Å². The third kappa shape index (κ3) is 3.45. The quantitative estimate of drug-likeness (QED) is 0.394. The predicted molar refractivity (Wildman–Crippen MR) is 122 cm³/mol. The van der Waals surface area contributed by atoms with Gasteiger partial charge in [0.15, 0.2) is 5.16 Å². The first kappa shape index (κ1) is 19.6. The van der Waals surface area contributed by atoms with Crippen LogP contribution in [0.5, 0.6) is 0 Å². The molecule has 1 N–H and O–H groups in total. The average molecular weight is 452 g/mol. The number of carbonyl (C=O) groups excluding carboxylic acids is 1. The fourth-order valence-electron chi connectivity index (χ4n) is 3.48. The van der Waals surface area contributed by atoms with Crippen molar-refractivity contribution in [1.82, 2.24) is 19.2 Å². The molecule has 0 bridgehead atoms. The zero-order valence-corrected chi connectivity index (χ0v) is 18.1. The van der Waals surface area contributed by atoms with E-state index in [1.807, 2.05) is 41.7 Å². The van der Waals surface area contributed by atoms with Gasteiger partial charge in [-0.05, 0) is 30.7 Å². The average Bonchev–Trinajstić information content (AvgIpc) is 3.43. The monoisotopic (exact) mass is 451 g/mol. The summed E-state index contributed by atoms with van der Waals surface area (Å²) in [5.41, 5.74) is 2.69. The van der Waals surface area contributed by atoms with E-state index < -0.39 is 0 Å². The summed E-state index contributed by atoms with van der Waals surface area (Å²) < 4.78 is 11.9. The number of anilines is 1. The molecule has 2 aromatic heterocycles. The van der Waals surface area contributed by atoms with E-state index in [0.717, 1.165) is 29.0 Å². The van der Waals surface area contributed by atoms with Gasteiger partial charge in [0.25, 0.3) is 5.56 Å². The summed E-state index contributed by atoms with van der Waals surface area (Å²) in [6.45, 7) is 2.55. The highest BCUT2D eigenvalue weighted by Gasteiger charge is 2.18. The molecular formula is C20H17N7O2S2. The van der Waals surface area contributed by atoms with Gasteiger partial charge in [0.2, 0.25) is 11.7 Å². The number of thioether (sulfide) groups is 1. The summed E-state index contributed by atoms with van der Waals surface area (Å²) in [5, 5.41) is 12.6. The Morgan fingerprint density at radius 2 is 2.00 bits per heavy atom. The van der Waals surface area contributed by atoms with Crippen LogP contribution in [0, 0.1) is 0 Å². The highest BCUT2D eigenvalue weighted by atomic mass is 32.2. The molecule has 0 aliphatic carbocycles. The number of aryl methyl sites for hydroxylation is 1. The molecule has 0 radical (unpaired) electrons. The van der Waals surface area contributed by atoms with Crippen LogP contribution >= 0.6 is 11.8 Å². The van der Waals surface area contributed by atoms with Gasteiger partial charge in [-0.25, -0.2) is 0 Å². The second-order valence-electron chi connectivity index (χ2n) is 6.87.